The summed E-state index contributed by atoms with van der Waals surface area (Å²) in [7, 11) is 0. The lowest BCUT2D eigenvalue weighted by Crippen LogP contribution is -2.14. The van der Waals surface area contributed by atoms with Crippen LogP contribution in [0.1, 0.15) is 17.2 Å². The summed E-state index contributed by atoms with van der Waals surface area (Å²) in [4.78, 5) is 0. The van der Waals surface area contributed by atoms with Crippen LogP contribution in [0.5, 0.6) is 5.75 Å². The lowest BCUT2D eigenvalue weighted by atomic mass is 9.99. The van der Waals surface area contributed by atoms with Crippen molar-refractivity contribution in [1.29, 1.82) is 0 Å². The standard InChI is InChI=1S/C14H11F4NO/c15-11-6-2-5-10(12(11)16)13(19)8-3-1-4-9(7-8)20-14(17)18/h1-7,13-14H,19H2. The smallest absolute Gasteiger partial charge is 0.387 e. The summed E-state index contributed by atoms with van der Waals surface area (Å²) in [6, 6.07) is 8.22. The minimum Gasteiger partial charge on any atom is -0.435 e. The van der Waals surface area contributed by atoms with Gasteiger partial charge in [-0.3, -0.25) is 0 Å². The summed E-state index contributed by atoms with van der Waals surface area (Å²) >= 11 is 0. The van der Waals surface area contributed by atoms with Gasteiger partial charge < -0.3 is 10.5 Å². The van der Waals surface area contributed by atoms with Crippen LogP contribution in [-0.4, -0.2) is 6.61 Å². The first-order valence-electron chi connectivity index (χ1n) is 5.73. The van der Waals surface area contributed by atoms with Gasteiger partial charge in [-0.05, 0) is 23.8 Å². The van der Waals surface area contributed by atoms with Crippen molar-refractivity contribution in [2.24, 2.45) is 5.73 Å². The number of hydrogen-bond acceptors (Lipinski definition) is 2. The van der Waals surface area contributed by atoms with Gasteiger partial charge in [0.1, 0.15) is 5.75 Å². The average Bonchev–Trinajstić information content (AvgIpc) is 2.41. The number of rotatable bonds is 4. The molecule has 0 aliphatic heterocycles. The zero-order chi connectivity index (χ0) is 14.7. The second-order valence-electron chi connectivity index (χ2n) is 4.07. The Balaban J connectivity index is 2.33. The highest BCUT2D eigenvalue weighted by molar-refractivity contribution is 5.37. The monoisotopic (exact) mass is 285 g/mol. The number of nitrogens with two attached hydrogens (primary N) is 1. The Morgan fingerprint density at radius 1 is 1.00 bits per heavy atom. The van der Waals surface area contributed by atoms with Gasteiger partial charge in [0.2, 0.25) is 0 Å². The second-order valence-corrected chi connectivity index (χ2v) is 4.07. The minimum absolute atomic E-state index is 0.0563. The third-order valence-corrected chi connectivity index (χ3v) is 2.76. The fourth-order valence-electron chi connectivity index (χ4n) is 1.82. The van der Waals surface area contributed by atoms with Crippen molar-refractivity contribution < 1.29 is 22.3 Å². The van der Waals surface area contributed by atoms with Crippen LogP contribution in [0.15, 0.2) is 42.5 Å². The Hall–Kier alpha value is -2.08. The van der Waals surface area contributed by atoms with E-state index in [0.717, 1.165) is 6.07 Å². The van der Waals surface area contributed by atoms with Gasteiger partial charge in [-0.25, -0.2) is 8.78 Å². The molecule has 0 fully saturated rings. The predicted octanol–water partition coefficient (Wildman–Crippen LogP) is 3.61. The first-order chi connectivity index (χ1) is 9.49. The summed E-state index contributed by atoms with van der Waals surface area (Å²) < 4.78 is 55.3. The molecule has 2 aromatic carbocycles. The quantitative estimate of drug-likeness (QED) is 0.871. The van der Waals surface area contributed by atoms with E-state index in [4.69, 9.17) is 5.73 Å². The topological polar surface area (TPSA) is 35.2 Å². The van der Waals surface area contributed by atoms with E-state index < -0.39 is 24.3 Å². The van der Waals surface area contributed by atoms with Gasteiger partial charge in [-0.1, -0.05) is 24.3 Å². The van der Waals surface area contributed by atoms with E-state index in [1.54, 1.807) is 0 Å². The second kappa shape index (κ2) is 5.92. The van der Waals surface area contributed by atoms with Crippen molar-refractivity contribution in [2.75, 3.05) is 0 Å². The van der Waals surface area contributed by atoms with Crippen molar-refractivity contribution in [3.05, 3.63) is 65.2 Å². The van der Waals surface area contributed by atoms with Gasteiger partial charge in [-0.2, -0.15) is 8.78 Å². The van der Waals surface area contributed by atoms with Crippen LogP contribution in [0, 0.1) is 11.6 Å². The molecule has 0 spiro atoms. The lowest BCUT2D eigenvalue weighted by molar-refractivity contribution is -0.0498. The third-order valence-electron chi connectivity index (χ3n) is 2.76. The van der Waals surface area contributed by atoms with Crippen molar-refractivity contribution in [2.45, 2.75) is 12.7 Å². The van der Waals surface area contributed by atoms with E-state index in [0.29, 0.717) is 5.56 Å². The van der Waals surface area contributed by atoms with Gasteiger partial charge in [0.25, 0.3) is 0 Å². The number of alkyl halides is 2. The average molecular weight is 285 g/mol. The Morgan fingerprint density at radius 3 is 2.40 bits per heavy atom. The van der Waals surface area contributed by atoms with Crippen LogP contribution in [0.3, 0.4) is 0 Å². The summed E-state index contributed by atoms with van der Waals surface area (Å²) in [5.41, 5.74) is 6.12. The molecule has 0 aliphatic rings. The molecule has 0 aromatic heterocycles. The Morgan fingerprint density at radius 2 is 1.70 bits per heavy atom. The predicted molar refractivity (Wildman–Crippen MR) is 65.5 cm³/mol. The van der Waals surface area contributed by atoms with E-state index in [2.05, 4.69) is 4.74 Å². The van der Waals surface area contributed by atoms with Crippen LogP contribution >= 0.6 is 0 Å². The molecule has 2 nitrogen and oxygen atoms in total. The zero-order valence-electron chi connectivity index (χ0n) is 10.2. The van der Waals surface area contributed by atoms with E-state index in [1.165, 1.54) is 36.4 Å². The Bertz CT molecular complexity index is 603. The van der Waals surface area contributed by atoms with Crippen LogP contribution in [-0.2, 0) is 0 Å². The molecule has 106 valence electrons. The molecule has 2 rings (SSSR count). The summed E-state index contributed by atoms with van der Waals surface area (Å²) in [6.07, 6.45) is 0. The summed E-state index contributed by atoms with van der Waals surface area (Å²) in [6.45, 7) is -2.97. The van der Waals surface area contributed by atoms with E-state index >= 15 is 0 Å². The molecule has 0 radical (unpaired) electrons. The SMILES string of the molecule is NC(c1cccc(OC(F)F)c1)c1cccc(F)c1F. The van der Waals surface area contributed by atoms with Crippen molar-refractivity contribution in [3.63, 3.8) is 0 Å². The van der Waals surface area contributed by atoms with Crippen molar-refractivity contribution in [3.8, 4) is 5.75 Å². The van der Waals surface area contributed by atoms with Crippen LogP contribution in [0.2, 0.25) is 0 Å². The van der Waals surface area contributed by atoms with Gasteiger partial charge >= 0.3 is 6.61 Å². The highest BCUT2D eigenvalue weighted by Crippen LogP contribution is 2.26. The molecule has 2 aromatic rings. The molecule has 20 heavy (non-hydrogen) atoms. The molecule has 1 atom stereocenters. The normalized spacial score (nSPS) is 12.5. The van der Waals surface area contributed by atoms with Gasteiger partial charge in [-0.15, -0.1) is 0 Å². The van der Waals surface area contributed by atoms with E-state index in [1.807, 2.05) is 0 Å². The highest BCUT2D eigenvalue weighted by Gasteiger charge is 2.17. The van der Waals surface area contributed by atoms with Crippen molar-refractivity contribution in [1.82, 2.24) is 0 Å². The van der Waals surface area contributed by atoms with Crippen LogP contribution in [0.4, 0.5) is 17.6 Å². The fourth-order valence-corrected chi connectivity index (χ4v) is 1.82. The zero-order valence-corrected chi connectivity index (χ0v) is 10.2. The van der Waals surface area contributed by atoms with E-state index in [-0.39, 0.29) is 11.3 Å². The molecule has 0 saturated heterocycles. The molecule has 0 heterocycles. The number of benzene rings is 2. The van der Waals surface area contributed by atoms with E-state index in [9.17, 15) is 17.6 Å². The molecule has 0 bridgehead atoms. The first-order valence-corrected chi connectivity index (χ1v) is 5.73. The summed E-state index contributed by atoms with van der Waals surface area (Å²) in [5.74, 6) is -2.16. The molecule has 0 aliphatic carbocycles. The van der Waals surface area contributed by atoms with Crippen molar-refractivity contribution >= 4 is 0 Å². The number of halogens is 4. The van der Waals surface area contributed by atoms with Gasteiger partial charge in [0, 0.05) is 5.56 Å². The lowest BCUT2D eigenvalue weighted by Gasteiger charge is -2.15. The maximum Gasteiger partial charge on any atom is 0.387 e. The molecule has 0 saturated carbocycles. The number of ether oxygens (including phenoxy) is 1. The third kappa shape index (κ3) is 3.08. The maximum atomic E-state index is 13.6. The first kappa shape index (κ1) is 14.3. The molecule has 1 unspecified atom stereocenters. The minimum atomic E-state index is -2.97. The molecular weight excluding hydrogens is 274 g/mol. The molecule has 0 amide bonds. The maximum absolute atomic E-state index is 13.6. The molecule has 6 heteroatoms. The summed E-state index contributed by atoms with van der Waals surface area (Å²) in [5, 5.41) is 0. The fraction of sp³-hybridized carbons (Fsp3) is 0.143. The molecule has 2 N–H and O–H groups in total. The van der Waals surface area contributed by atoms with Gasteiger partial charge in [0.05, 0.1) is 6.04 Å². The Kier molecular flexibility index (Phi) is 4.24. The van der Waals surface area contributed by atoms with Gasteiger partial charge in [0.15, 0.2) is 11.6 Å². The van der Waals surface area contributed by atoms with Crippen LogP contribution < -0.4 is 10.5 Å². The molecular formula is C14H11F4NO. The Labute approximate surface area is 112 Å². The largest absolute Gasteiger partial charge is 0.435 e. The highest BCUT2D eigenvalue weighted by atomic mass is 19.3. The van der Waals surface area contributed by atoms with Crippen LogP contribution in [0.25, 0.3) is 0 Å². The number of hydrogen-bond donors (Lipinski definition) is 1.